The normalized spacial score (nSPS) is 13.6. The van der Waals surface area contributed by atoms with Crippen molar-refractivity contribution in [3.8, 4) is 22.8 Å². The van der Waals surface area contributed by atoms with E-state index in [1.165, 1.54) is 54.1 Å². The summed E-state index contributed by atoms with van der Waals surface area (Å²) < 4.78 is 6.42. The first-order valence-corrected chi connectivity index (χ1v) is 23.7. The summed E-state index contributed by atoms with van der Waals surface area (Å²) in [5.41, 5.74) is 13.0. The molecule has 6 heteroatoms. The van der Waals surface area contributed by atoms with Gasteiger partial charge in [-0.15, -0.1) is 0 Å². The molecule has 5 nitrogen and oxygen atoms in total. The van der Waals surface area contributed by atoms with Crippen LogP contribution in [0.2, 0.25) is 0 Å². The maximum absolute atomic E-state index is 6.42. The number of benzene rings is 9. The number of anilines is 3. The van der Waals surface area contributed by atoms with Crippen molar-refractivity contribution in [1.29, 1.82) is 0 Å². The third-order valence-corrected chi connectivity index (χ3v) is 14.8. The first-order chi connectivity index (χ1) is 33.0. The Kier molecular flexibility index (Phi) is 8.96. The topological polar surface area (TPSA) is 55.1 Å². The quantitative estimate of drug-likeness (QED) is 0.155. The highest BCUT2D eigenvalue weighted by atomic mass is 32.2. The van der Waals surface area contributed by atoms with Gasteiger partial charge in [0, 0.05) is 43.0 Å². The molecule has 0 saturated heterocycles. The van der Waals surface area contributed by atoms with E-state index < -0.39 is 5.41 Å². The summed E-state index contributed by atoms with van der Waals surface area (Å²) in [5.74, 6) is 1.66. The monoisotopic (exact) mass is 878 g/mol. The molecule has 0 amide bonds. The lowest BCUT2D eigenvalue weighted by atomic mass is 9.61. The van der Waals surface area contributed by atoms with Crippen LogP contribution in [0.25, 0.3) is 71.8 Å². The Morgan fingerprint density at radius 2 is 1.25 bits per heavy atom. The standard InChI is InChI=1S/C61H42N4OS/c1-4-5-15-38(3)58-62-59(42-29-32-52-46(35-42)56-45-20-9-8-18-40(45)28-33-53(56)66-52)64-60(63-58)43-27-31-47-51(36-43)65(44-30-26-39-17-6-7-19-41(39)34-44)57-37(2)16-14-23-50(57)61(47)48-21-10-12-24-54(48)67-55-25-13-11-22-49(55)61/h5-36H,3-4H2,1-2H3/b15-5-. The summed E-state index contributed by atoms with van der Waals surface area (Å²) in [7, 11) is 0. The zero-order chi connectivity index (χ0) is 44.8. The lowest BCUT2D eigenvalue weighted by molar-refractivity contribution is 0.669. The Morgan fingerprint density at radius 3 is 2.04 bits per heavy atom. The van der Waals surface area contributed by atoms with Gasteiger partial charge in [0.05, 0.1) is 16.8 Å². The van der Waals surface area contributed by atoms with Crippen LogP contribution in [0.5, 0.6) is 0 Å². The number of allylic oxidation sites excluding steroid dienone is 3. The molecule has 0 fully saturated rings. The molecule has 9 aromatic carbocycles. The lowest BCUT2D eigenvalue weighted by Crippen LogP contribution is -2.40. The number of rotatable bonds is 6. The van der Waals surface area contributed by atoms with Gasteiger partial charge < -0.3 is 9.32 Å². The smallest absolute Gasteiger partial charge is 0.164 e. The molecular formula is C61H42N4OS. The number of nitrogens with zero attached hydrogens (tertiary/aromatic N) is 4. The van der Waals surface area contributed by atoms with Crippen LogP contribution >= 0.6 is 11.8 Å². The molecule has 13 rings (SSSR count). The molecule has 318 valence electrons. The number of hydrogen-bond acceptors (Lipinski definition) is 6. The number of aryl methyl sites for hydroxylation is 1. The van der Waals surface area contributed by atoms with Crippen LogP contribution in [-0.2, 0) is 5.41 Å². The van der Waals surface area contributed by atoms with Crippen molar-refractivity contribution in [2.45, 2.75) is 35.5 Å². The molecule has 0 saturated carbocycles. The van der Waals surface area contributed by atoms with Gasteiger partial charge in [0.1, 0.15) is 11.2 Å². The van der Waals surface area contributed by atoms with Gasteiger partial charge >= 0.3 is 0 Å². The molecule has 0 unspecified atom stereocenters. The molecule has 4 heterocycles. The summed E-state index contributed by atoms with van der Waals surface area (Å²) in [6.45, 7) is 8.83. The average molecular weight is 879 g/mol. The molecule has 2 aromatic heterocycles. The minimum Gasteiger partial charge on any atom is -0.456 e. The summed E-state index contributed by atoms with van der Waals surface area (Å²) in [5, 5.41) is 6.78. The van der Waals surface area contributed by atoms with E-state index in [1.807, 2.05) is 30.0 Å². The summed E-state index contributed by atoms with van der Waals surface area (Å²) >= 11 is 1.85. The number of para-hydroxylation sites is 1. The highest BCUT2D eigenvalue weighted by Crippen LogP contribution is 2.63. The molecule has 2 aliphatic heterocycles. The van der Waals surface area contributed by atoms with Crippen LogP contribution in [0.15, 0.2) is 215 Å². The fraction of sp³-hybridized carbons (Fsp3) is 0.0656. The number of furan rings is 1. The molecule has 0 aliphatic carbocycles. The van der Waals surface area contributed by atoms with Gasteiger partial charge in [0.25, 0.3) is 0 Å². The second-order valence-electron chi connectivity index (χ2n) is 17.5. The second kappa shape index (κ2) is 15.3. The Hall–Kier alpha value is -8.06. The number of hydrogen-bond donors (Lipinski definition) is 0. The molecule has 11 aromatic rings. The van der Waals surface area contributed by atoms with Crippen LogP contribution in [0.4, 0.5) is 17.1 Å². The van der Waals surface area contributed by atoms with Crippen molar-refractivity contribution < 1.29 is 4.42 Å². The molecule has 0 radical (unpaired) electrons. The van der Waals surface area contributed by atoms with E-state index in [9.17, 15) is 0 Å². The highest BCUT2D eigenvalue weighted by molar-refractivity contribution is 7.99. The molecule has 0 bridgehead atoms. The first kappa shape index (κ1) is 39.3. The molecule has 0 N–H and O–H groups in total. The van der Waals surface area contributed by atoms with E-state index in [0.717, 1.165) is 67.2 Å². The van der Waals surface area contributed by atoms with E-state index in [0.29, 0.717) is 17.5 Å². The van der Waals surface area contributed by atoms with Crippen molar-refractivity contribution in [3.63, 3.8) is 0 Å². The average Bonchev–Trinajstić information content (AvgIpc) is 3.76. The minimum atomic E-state index is -0.622. The first-order valence-electron chi connectivity index (χ1n) is 22.8. The Labute approximate surface area is 392 Å². The van der Waals surface area contributed by atoms with Crippen LogP contribution in [0.1, 0.15) is 47.0 Å². The maximum atomic E-state index is 6.42. The number of aromatic nitrogens is 3. The maximum Gasteiger partial charge on any atom is 0.164 e. The van der Waals surface area contributed by atoms with Crippen molar-refractivity contribution in [3.05, 3.63) is 234 Å². The van der Waals surface area contributed by atoms with Crippen LogP contribution < -0.4 is 4.90 Å². The molecular weight excluding hydrogens is 837 g/mol. The van der Waals surface area contributed by atoms with Crippen molar-refractivity contribution in [1.82, 2.24) is 15.0 Å². The minimum absolute atomic E-state index is 0.529. The Morgan fingerprint density at radius 1 is 0.597 bits per heavy atom. The third kappa shape index (κ3) is 5.99. The van der Waals surface area contributed by atoms with Gasteiger partial charge in [-0.05, 0) is 117 Å². The summed E-state index contributed by atoms with van der Waals surface area (Å²) in [4.78, 5) is 20.7. The fourth-order valence-electron chi connectivity index (χ4n) is 10.7. The zero-order valence-corrected chi connectivity index (χ0v) is 37.8. The van der Waals surface area contributed by atoms with Gasteiger partial charge in [-0.2, -0.15) is 0 Å². The van der Waals surface area contributed by atoms with Gasteiger partial charge in [-0.1, -0.05) is 165 Å². The van der Waals surface area contributed by atoms with E-state index in [-0.39, 0.29) is 0 Å². The second-order valence-corrected chi connectivity index (χ2v) is 18.6. The molecule has 1 spiro atoms. The van der Waals surface area contributed by atoms with Crippen LogP contribution in [0, 0.1) is 6.92 Å². The number of fused-ring (bicyclic) bond motifs is 14. The van der Waals surface area contributed by atoms with Gasteiger partial charge in [0.15, 0.2) is 17.5 Å². The summed E-state index contributed by atoms with van der Waals surface area (Å²) in [6, 6.07) is 65.9. The van der Waals surface area contributed by atoms with Gasteiger partial charge in [-0.3, -0.25) is 0 Å². The third-order valence-electron chi connectivity index (χ3n) is 13.7. The van der Waals surface area contributed by atoms with E-state index in [4.69, 9.17) is 19.4 Å². The van der Waals surface area contributed by atoms with E-state index in [2.05, 4.69) is 201 Å². The Balaban J connectivity index is 1.08. The van der Waals surface area contributed by atoms with Gasteiger partial charge in [0.2, 0.25) is 0 Å². The largest absolute Gasteiger partial charge is 0.456 e. The molecule has 0 atom stereocenters. The van der Waals surface area contributed by atoms with Crippen LogP contribution in [0.3, 0.4) is 0 Å². The zero-order valence-electron chi connectivity index (χ0n) is 37.0. The van der Waals surface area contributed by atoms with Gasteiger partial charge in [-0.25, -0.2) is 15.0 Å². The predicted molar refractivity (Wildman–Crippen MR) is 277 cm³/mol. The molecule has 67 heavy (non-hydrogen) atoms. The fourth-order valence-corrected chi connectivity index (χ4v) is 11.8. The SMILES string of the molecule is C=C(/C=C\CC)c1nc(-c2ccc3c(c2)N(c2ccc4ccccc4c2)c2c(C)cccc2C32c3ccccc3Sc3ccccc32)nc(-c2ccc3oc4ccc5ccccc5c4c3c2)n1. The molecule has 2 aliphatic rings. The van der Waals surface area contributed by atoms with E-state index in [1.54, 1.807) is 0 Å². The van der Waals surface area contributed by atoms with Crippen molar-refractivity contribution in [2.24, 2.45) is 0 Å². The van der Waals surface area contributed by atoms with Crippen molar-refractivity contribution >= 4 is 77.9 Å². The predicted octanol–water partition coefficient (Wildman–Crippen LogP) is 16.3. The lowest BCUT2D eigenvalue weighted by Gasteiger charge is -2.49. The van der Waals surface area contributed by atoms with E-state index >= 15 is 0 Å². The van der Waals surface area contributed by atoms with Crippen molar-refractivity contribution in [2.75, 3.05) is 4.90 Å². The van der Waals surface area contributed by atoms with Crippen LogP contribution in [-0.4, -0.2) is 15.0 Å². The Bertz CT molecular complexity index is 3860. The highest BCUT2D eigenvalue weighted by Gasteiger charge is 2.50. The summed E-state index contributed by atoms with van der Waals surface area (Å²) in [6.07, 6.45) is 4.97.